The molecule has 4 heteroatoms. The Morgan fingerprint density at radius 2 is 2.06 bits per heavy atom. The molecule has 0 aromatic carbocycles. The molecule has 1 aliphatic carbocycles. The van der Waals surface area contributed by atoms with Crippen molar-refractivity contribution in [1.82, 2.24) is 5.43 Å². The molecule has 0 aliphatic heterocycles. The SMILES string of the molecule is CCC(C)(C)C1CCC(=NNC(=N)N)CC1. The summed E-state index contributed by atoms with van der Waals surface area (Å²) >= 11 is 0. The average Bonchev–Trinajstić information content (AvgIpc) is 2.27. The number of guanidine groups is 1. The third-order valence-electron chi connectivity index (χ3n) is 3.91. The van der Waals surface area contributed by atoms with Crippen molar-refractivity contribution in [2.75, 3.05) is 0 Å². The van der Waals surface area contributed by atoms with Gasteiger partial charge in [0.25, 0.3) is 0 Å². The van der Waals surface area contributed by atoms with Gasteiger partial charge in [-0.25, -0.2) is 5.43 Å². The second-order valence-corrected chi connectivity index (χ2v) is 5.32. The van der Waals surface area contributed by atoms with E-state index in [1.165, 1.54) is 19.3 Å². The number of nitrogens with two attached hydrogens (primary N) is 1. The second kappa shape index (κ2) is 5.32. The maximum Gasteiger partial charge on any atom is 0.206 e. The third-order valence-corrected chi connectivity index (χ3v) is 3.91. The standard InChI is InChI=1S/C12H24N4/c1-4-12(2,3)9-5-7-10(8-6-9)15-16-11(13)14/h9H,4-8H2,1-3H3,(H4,13,14,16). The van der Waals surface area contributed by atoms with Gasteiger partial charge in [-0.3, -0.25) is 5.41 Å². The van der Waals surface area contributed by atoms with Crippen LogP contribution in [-0.2, 0) is 0 Å². The van der Waals surface area contributed by atoms with Crippen LogP contribution in [0.5, 0.6) is 0 Å². The molecule has 0 aromatic heterocycles. The van der Waals surface area contributed by atoms with E-state index < -0.39 is 0 Å². The minimum atomic E-state index is -0.0801. The van der Waals surface area contributed by atoms with Crippen LogP contribution in [0.3, 0.4) is 0 Å². The first kappa shape index (κ1) is 13.0. The van der Waals surface area contributed by atoms with Crippen LogP contribution in [0.15, 0.2) is 5.10 Å². The Labute approximate surface area is 98.2 Å². The molecule has 0 saturated heterocycles. The van der Waals surface area contributed by atoms with Gasteiger partial charge in [0.1, 0.15) is 0 Å². The lowest BCUT2D eigenvalue weighted by Gasteiger charge is -2.36. The minimum absolute atomic E-state index is 0.0801. The van der Waals surface area contributed by atoms with E-state index in [0.29, 0.717) is 5.41 Å². The summed E-state index contributed by atoms with van der Waals surface area (Å²) in [5.41, 5.74) is 9.32. The third kappa shape index (κ3) is 3.51. The molecule has 1 aliphatic rings. The number of hydrazone groups is 1. The molecular formula is C12H24N4. The number of hydrogen-bond donors (Lipinski definition) is 3. The van der Waals surface area contributed by atoms with Crippen molar-refractivity contribution >= 4 is 11.7 Å². The Balaban J connectivity index is 2.45. The molecule has 92 valence electrons. The summed E-state index contributed by atoms with van der Waals surface area (Å²) < 4.78 is 0. The van der Waals surface area contributed by atoms with E-state index in [1.807, 2.05) is 0 Å². The van der Waals surface area contributed by atoms with E-state index in [0.717, 1.165) is 24.5 Å². The lowest BCUT2D eigenvalue weighted by Crippen LogP contribution is -2.30. The topological polar surface area (TPSA) is 74.3 Å². The van der Waals surface area contributed by atoms with Gasteiger partial charge in [-0.1, -0.05) is 27.2 Å². The molecule has 1 saturated carbocycles. The molecule has 0 radical (unpaired) electrons. The number of rotatable bonds is 3. The zero-order valence-corrected chi connectivity index (χ0v) is 10.6. The van der Waals surface area contributed by atoms with Gasteiger partial charge in [0, 0.05) is 5.71 Å². The van der Waals surface area contributed by atoms with E-state index in [4.69, 9.17) is 11.1 Å². The van der Waals surface area contributed by atoms with Crippen molar-refractivity contribution in [2.24, 2.45) is 22.2 Å². The summed E-state index contributed by atoms with van der Waals surface area (Å²) in [6.07, 6.45) is 5.72. The molecule has 0 atom stereocenters. The Morgan fingerprint density at radius 1 is 1.50 bits per heavy atom. The van der Waals surface area contributed by atoms with Crippen molar-refractivity contribution in [3.8, 4) is 0 Å². The number of nitrogens with one attached hydrogen (secondary N) is 2. The predicted octanol–water partition coefficient (Wildman–Crippen LogP) is 2.45. The fraction of sp³-hybridized carbons (Fsp3) is 0.833. The monoisotopic (exact) mass is 224 g/mol. The van der Waals surface area contributed by atoms with Gasteiger partial charge in [0.2, 0.25) is 5.96 Å². The molecule has 0 amide bonds. The quantitative estimate of drug-likeness (QED) is 0.391. The molecular weight excluding hydrogens is 200 g/mol. The van der Waals surface area contributed by atoms with E-state index in [2.05, 4.69) is 31.3 Å². The Morgan fingerprint density at radius 3 is 2.50 bits per heavy atom. The summed E-state index contributed by atoms with van der Waals surface area (Å²) in [6, 6.07) is 0. The molecule has 1 rings (SSSR count). The van der Waals surface area contributed by atoms with E-state index in [-0.39, 0.29) is 5.96 Å². The van der Waals surface area contributed by atoms with Crippen LogP contribution in [0.1, 0.15) is 52.9 Å². The van der Waals surface area contributed by atoms with Crippen molar-refractivity contribution in [2.45, 2.75) is 52.9 Å². The second-order valence-electron chi connectivity index (χ2n) is 5.32. The molecule has 1 fully saturated rings. The fourth-order valence-corrected chi connectivity index (χ4v) is 2.27. The largest absolute Gasteiger partial charge is 0.369 e. The average molecular weight is 224 g/mol. The normalized spacial score (nSPS) is 21.7. The smallest absolute Gasteiger partial charge is 0.206 e. The Hall–Kier alpha value is -1.06. The van der Waals surface area contributed by atoms with Crippen molar-refractivity contribution < 1.29 is 0 Å². The highest BCUT2D eigenvalue weighted by atomic mass is 15.3. The van der Waals surface area contributed by atoms with E-state index in [1.54, 1.807) is 0 Å². The van der Waals surface area contributed by atoms with Gasteiger partial charge in [0.15, 0.2) is 0 Å². The first-order valence-electron chi connectivity index (χ1n) is 6.11. The molecule has 4 N–H and O–H groups in total. The molecule has 0 bridgehead atoms. The highest BCUT2D eigenvalue weighted by Gasteiger charge is 2.30. The summed E-state index contributed by atoms with van der Waals surface area (Å²) in [5, 5.41) is 11.2. The lowest BCUT2D eigenvalue weighted by atomic mass is 9.69. The predicted molar refractivity (Wildman–Crippen MR) is 68.5 cm³/mol. The zero-order valence-electron chi connectivity index (χ0n) is 10.6. The van der Waals surface area contributed by atoms with Gasteiger partial charge in [-0.05, 0) is 37.0 Å². The van der Waals surface area contributed by atoms with Crippen LogP contribution in [0.2, 0.25) is 0 Å². The van der Waals surface area contributed by atoms with Crippen LogP contribution in [0.25, 0.3) is 0 Å². The number of nitrogens with zero attached hydrogens (tertiary/aromatic N) is 1. The summed E-state index contributed by atoms with van der Waals surface area (Å²) in [6.45, 7) is 6.97. The van der Waals surface area contributed by atoms with Crippen LogP contribution in [0.4, 0.5) is 0 Å². The maximum atomic E-state index is 7.04. The van der Waals surface area contributed by atoms with Crippen LogP contribution in [0, 0.1) is 16.7 Å². The fourth-order valence-electron chi connectivity index (χ4n) is 2.27. The first-order chi connectivity index (χ1) is 7.45. The van der Waals surface area contributed by atoms with Gasteiger partial charge in [-0.15, -0.1) is 0 Å². The van der Waals surface area contributed by atoms with Crippen molar-refractivity contribution in [3.63, 3.8) is 0 Å². The number of hydrogen-bond acceptors (Lipinski definition) is 2. The Bertz CT molecular complexity index is 271. The van der Waals surface area contributed by atoms with Crippen molar-refractivity contribution in [1.29, 1.82) is 5.41 Å². The molecule has 0 aromatic rings. The van der Waals surface area contributed by atoms with Gasteiger partial charge < -0.3 is 5.73 Å². The highest BCUT2D eigenvalue weighted by molar-refractivity contribution is 5.86. The van der Waals surface area contributed by atoms with Crippen LogP contribution in [-0.4, -0.2) is 11.7 Å². The maximum absolute atomic E-state index is 7.04. The molecule has 16 heavy (non-hydrogen) atoms. The van der Waals surface area contributed by atoms with Crippen LogP contribution < -0.4 is 11.2 Å². The summed E-state index contributed by atoms with van der Waals surface area (Å²) in [4.78, 5) is 0. The van der Waals surface area contributed by atoms with Gasteiger partial charge >= 0.3 is 0 Å². The summed E-state index contributed by atoms with van der Waals surface area (Å²) in [5.74, 6) is 0.720. The molecule has 0 unspecified atom stereocenters. The highest BCUT2D eigenvalue weighted by Crippen LogP contribution is 2.39. The van der Waals surface area contributed by atoms with E-state index in [9.17, 15) is 0 Å². The lowest BCUT2D eigenvalue weighted by molar-refractivity contribution is 0.176. The molecule has 0 heterocycles. The first-order valence-corrected chi connectivity index (χ1v) is 6.11. The molecule has 0 spiro atoms. The van der Waals surface area contributed by atoms with Crippen molar-refractivity contribution in [3.05, 3.63) is 0 Å². The minimum Gasteiger partial charge on any atom is -0.369 e. The van der Waals surface area contributed by atoms with Gasteiger partial charge in [0.05, 0.1) is 0 Å². The van der Waals surface area contributed by atoms with Gasteiger partial charge in [-0.2, -0.15) is 5.10 Å². The van der Waals surface area contributed by atoms with Crippen LogP contribution >= 0.6 is 0 Å². The Kier molecular flexibility index (Phi) is 4.33. The zero-order chi connectivity index (χ0) is 12.2. The van der Waals surface area contributed by atoms with E-state index >= 15 is 0 Å². The molecule has 4 nitrogen and oxygen atoms in total. The summed E-state index contributed by atoms with van der Waals surface area (Å²) in [7, 11) is 0.